The summed E-state index contributed by atoms with van der Waals surface area (Å²) in [5.74, 6) is -1.51. The molecule has 3 aliphatic carbocycles. The van der Waals surface area contributed by atoms with Crippen LogP contribution in [-0.4, -0.2) is 46.5 Å². The van der Waals surface area contributed by atoms with Crippen LogP contribution >= 0.6 is 11.6 Å². The number of hydrogen-bond acceptors (Lipinski definition) is 4. The van der Waals surface area contributed by atoms with Crippen LogP contribution in [0, 0.1) is 23.7 Å². The first-order valence-corrected chi connectivity index (χ1v) is 10.4. The number of alkyl halides is 1. The van der Waals surface area contributed by atoms with Crippen LogP contribution in [0.5, 0.6) is 0 Å². The van der Waals surface area contributed by atoms with Crippen molar-refractivity contribution in [3.63, 3.8) is 0 Å². The average Bonchev–Trinajstić information content (AvgIpc) is 2.63. The fourth-order valence-electron chi connectivity index (χ4n) is 4.21. The Morgan fingerprint density at radius 3 is 2.12 bits per heavy atom. The molecule has 2 bridgehead atoms. The first kappa shape index (κ1) is 17.8. The van der Waals surface area contributed by atoms with Gasteiger partial charge in [0.1, 0.15) is 0 Å². The van der Waals surface area contributed by atoms with Crippen molar-refractivity contribution in [2.45, 2.75) is 23.0 Å². The third-order valence-electron chi connectivity index (χ3n) is 5.25. The maximum absolute atomic E-state index is 12.4. The standard InChI is InChI=1S/C18H21ClO4Se/c1-22-17(20)13-11-8-9-12(14(13)18(21)23-2)16(15(11)19)24-10-6-4-3-5-7-10/h3-7,11-16H,8-9H2,1-2H3/t11-,12+,13-,14+,15+,16+/m1/s1. The molecule has 24 heavy (non-hydrogen) atoms. The molecule has 6 heteroatoms. The van der Waals surface area contributed by atoms with Crippen molar-refractivity contribution in [2.75, 3.05) is 14.2 Å². The summed E-state index contributed by atoms with van der Waals surface area (Å²) in [5, 5.41) is -0.103. The Labute approximate surface area is 153 Å². The van der Waals surface area contributed by atoms with Gasteiger partial charge in [-0.3, -0.25) is 0 Å². The third kappa shape index (κ3) is 3.10. The minimum absolute atomic E-state index is 0.0243. The first-order valence-electron chi connectivity index (χ1n) is 8.10. The topological polar surface area (TPSA) is 52.6 Å². The predicted molar refractivity (Wildman–Crippen MR) is 92.4 cm³/mol. The number of fused-ring (bicyclic) bond motifs is 3. The molecule has 4 nitrogen and oxygen atoms in total. The zero-order chi connectivity index (χ0) is 17.3. The van der Waals surface area contributed by atoms with Crippen LogP contribution in [0.2, 0.25) is 4.82 Å². The molecule has 6 atom stereocenters. The van der Waals surface area contributed by atoms with E-state index in [0.29, 0.717) is 0 Å². The molecule has 0 heterocycles. The fourth-order valence-corrected chi connectivity index (χ4v) is 7.97. The summed E-state index contributed by atoms with van der Waals surface area (Å²) < 4.78 is 11.3. The molecule has 0 spiro atoms. The Balaban J connectivity index is 1.91. The van der Waals surface area contributed by atoms with Crippen molar-refractivity contribution in [3.05, 3.63) is 30.3 Å². The van der Waals surface area contributed by atoms with Gasteiger partial charge >= 0.3 is 153 Å². The normalized spacial score (nSPS) is 34.6. The van der Waals surface area contributed by atoms with Gasteiger partial charge in [0.25, 0.3) is 0 Å². The molecule has 1 aromatic carbocycles. The van der Waals surface area contributed by atoms with Gasteiger partial charge in [0.2, 0.25) is 0 Å². The summed E-state index contributed by atoms with van der Waals surface area (Å²) in [6.45, 7) is 0. The van der Waals surface area contributed by atoms with Crippen LogP contribution in [0.3, 0.4) is 0 Å². The van der Waals surface area contributed by atoms with Gasteiger partial charge < -0.3 is 0 Å². The number of benzene rings is 1. The van der Waals surface area contributed by atoms with Crippen LogP contribution in [0.15, 0.2) is 30.3 Å². The van der Waals surface area contributed by atoms with Gasteiger partial charge in [-0.15, -0.1) is 0 Å². The number of hydrogen-bond donors (Lipinski definition) is 0. The molecule has 1 aromatic rings. The summed E-state index contributed by atoms with van der Waals surface area (Å²) in [5.41, 5.74) is 0. The molecular formula is C18H21ClO4Se. The molecule has 0 unspecified atom stereocenters. The van der Waals surface area contributed by atoms with E-state index in [9.17, 15) is 9.59 Å². The average molecular weight is 416 g/mol. The molecular weight excluding hydrogens is 395 g/mol. The number of carbonyl (C=O) groups excluding carboxylic acids is 2. The van der Waals surface area contributed by atoms with E-state index in [1.807, 2.05) is 18.2 Å². The monoisotopic (exact) mass is 416 g/mol. The number of ether oxygens (including phenoxy) is 2. The van der Waals surface area contributed by atoms with Crippen LogP contribution in [0.25, 0.3) is 0 Å². The van der Waals surface area contributed by atoms with Crippen LogP contribution < -0.4 is 4.46 Å². The quantitative estimate of drug-likeness (QED) is 0.429. The van der Waals surface area contributed by atoms with Crippen molar-refractivity contribution in [1.82, 2.24) is 0 Å². The van der Waals surface area contributed by atoms with Gasteiger partial charge in [-0.2, -0.15) is 0 Å². The predicted octanol–water partition coefficient (Wildman–Crippen LogP) is 2.03. The van der Waals surface area contributed by atoms with E-state index in [-0.39, 0.29) is 48.9 Å². The molecule has 0 saturated heterocycles. The zero-order valence-electron chi connectivity index (χ0n) is 13.7. The summed E-state index contributed by atoms with van der Waals surface area (Å²) in [6.07, 6.45) is 1.79. The van der Waals surface area contributed by atoms with E-state index in [0.717, 1.165) is 12.8 Å². The second-order valence-electron chi connectivity index (χ2n) is 6.34. The fraction of sp³-hybridized carbons (Fsp3) is 0.556. The summed E-state index contributed by atoms with van der Waals surface area (Å²) in [7, 11) is 2.75. The van der Waals surface area contributed by atoms with Gasteiger partial charge in [0, 0.05) is 0 Å². The molecule has 3 saturated carbocycles. The Kier molecular flexibility index (Phi) is 5.53. The van der Waals surface area contributed by atoms with Gasteiger partial charge in [-0.05, 0) is 0 Å². The van der Waals surface area contributed by atoms with Crippen LogP contribution in [-0.2, 0) is 19.1 Å². The number of esters is 2. The second kappa shape index (κ2) is 7.47. The Hall–Kier alpha value is -1.03. The van der Waals surface area contributed by atoms with Gasteiger partial charge in [0.05, 0.1) is 0 Å². The van der Waals surface area contributed by atoms with Gasteiger partial charge in [0.15, 0.2) is 0 Å². The van der Waals surface area contributed by atoms with Crippen molar-refractivity contribution in [1.29, 1.82) is 0 Å². The molecule has 4 rings (SSSR count). The van der Waals surface area contributed by atoms with Crippen molar-refractivity contribution in [2.24, 2.45) is 23.7 Å². The second-order valence-corrected chi connectivity index (χ2v) is 9.47. The van der Waals surface area contributed by atoms with E-state index in [4.69, 9.17) is 21.1 Å². The summed E-state index contributed by atoms with van der Waals surface area (Å²) in [4.78, 5) is 25.0. The number of carbonyl (C=O) groups is 2. The molecule has 0 radical (unpaired) electrons. The van der Waals surface area contributed by atoms with E-state index < -0.39 is 11.8 Å². The molecule has 3 fully saturated rings. The molecule has 0 aromatic heterocycles. The van der Waals surface area contributed by atoms with Crippen molar-refractivity contribution >= 4 is 43.0 Å². The van der Waals surface area contributed by atoms with E-state index in [1.54, 1.807) is 0 Å². The Bertz CT molecular complexity index is 608. The summed E-state index contributed by atoms with van der Waals surface area (Å²) >= 11 is 6.95. The SMILES string of the molecule is COC(=O)[C@@H]1[C@H]2CC[C@H]([C@H]([Se]c3ccccc3)[C@H]2Cl)[C@@H]1C(=O)OC. The van der Waals surface area contributed by atoms with Gasteiger partial charge in [-0.1, -0.05) is 0 Å². The van der Waals surface area contributed by atoms with Crippen molar-refractivity contribution in [3.8, 4) is 0 Å². The van der Waals surface area contributed by atoms with Gasteiger partial charge in [-0.25, -0.2) is 0 Å². The third-order valence-corrected chi connectivity index (χ3v) is 9.25. The van der Waals surface area contributed by atoms with Crippen LogP contribution in [0.4, 0.5) is 0 Å². The first-order chi connectivity index (χ1) is 11.6. The Morgan fingerprint density at radius 2 is 1.54 bits per heavy atom. The van der Waals surface area contributed by atoms with E-state index >= 15 is 0 Å². The summed E-state index contributed by atoms with van der Waals surface area (Å²) in [6, 6.07) is 10.3. The molecule has 0 amide bonds. The maximum atomic E-state index is 12.4. The molecule has 0 aliphatic heterocycles. The molecule has 130 valence electrons. The van der Waals surface area contributed by atoms with E-state index in [1.165, 1.54) is 18.7 Å². The number of halogens is 1. The van der Waals surface area contributed by atoms with Crippen LogP contribution in [0.1, 0.15) is 12.8 Å². The molecule has 0 N–H and O–H groups in total. The Morgan fingerprint density at radius 1 is 1.00 bits per heavy atom. The minimum atomic E-state index is -0.480. The number of rotatable bonds is 4. The van der Waals surface area contributed by atoms with Crippen molar-refractivity contribution < 1.29 is 19.1 Å². The number of methoxy groups -OCH3 is 2. The molecule has 3 aliphatic rings. The zero-order valence-corrected chi connectivity index (χ0v) is 16.2. The van der Waals surface area contributed by atoms with E-state index in [2.05, 4.69) is 12.1 Å².